The number of hydrogen-bond acceptors (Lipinski definition) is 5. The molecule has 0 radical (unpaired) electrons. The van der Waals surface area contributed by atoms with Crippen molar-refractivity contribution >= 4 is 22.6 Å². The number of benzene rings is 2. The van der Waals surface area contributed by atoms with Crippen LogP contribution in [0.3, 0.4) is 0 Å². The number of aliphatic hydroxyl groups is 1. The van der Waals surface area contributed by atoms with Crippen LogP contribution < -0.4 is 10.1 Å². The van der Waals surface area contributed by atoms with Crippen LogP contribution >= 0.6 is 0 Å². The molecular weight excluding hydrogens is 336 g/mol. The quantitative estimate of drug-likeness (QED) is 0.628. The van der Waals surface area contributed by atoms with Gasteiger partial charge in [-0.2, -0.15) is 0 Å². The van der Waals surface area contributed by atoms with Gasteiger partial charge in [0.2, 0.25) is 0 Å². The molecule has 2 aromatic carbocycles. The maximum atomic E-state index is 12.3. The summed E-state index contributed by atoms with van der Waals surface area (Å²) in [6.07, 6.45) is 1.49. The number of carbonyl (C=O) groups excluding carboxylic acids is 1. The van der Waals surface area contributed by atoms with Gasteiger partial charge in [-0.3, -0.25) is 14.6 Å². The number of carboxylic acids is 1. The van der Waals surface area contributed by atoms with Gasteiger partial charge in [0.25, 0.3) is 5.91 Å². The van der Waals surface area contributed by atoms with Crippen molar-refractivity contribution in [3.05, 3.63) is 66.0 Å². The Kier molecular flexibility index (Phi) is 5.09. The van der Waals surface area contributed by atoms with Crippen molar-refractivity contribution in [1.82, 2.24) is 10.3 Å². The van der Waals surface area contributed by atoms with Crippen molar-refractivity contribution in [1.29, 1.82) is 0 Å². The van der Waals surface area contributed by atoms with Crippen LogP contribution in [0.2, 0.25) is 0 Å². The van der Waals surface area contributed by atoms with Crippen LogP contribution in [-0.2, 0) is 11.4 Å². The number of nitrogens with zero attached hydrogens (tertiary/aromatic N) is 1. The molecule has 0 fully saturated rings. The number of carbonyl (C=O) groups is 2. The first kappa shape index (κ1) is 17.4. The smallest absolute Gasteiger partial charge is 0.322 e. The van der Waals surface area contributed by atoms with Crippen molar-refractivity contribution in [2.45, 2.75) is 6.61 Å². The Labute approximate surface area is 148 Å². The first-order valence-electron chi connectivity index (χ1n) is 7.84. The first-order valence-corrected chi connectivity index (χ1v) is 7.84. The molecule has 0 aliphatic carbocycles. The van der Waals surface area contributed by atoms with Crippen LogP contribution in [0.5, 0.6) is 11.5 Å². The summed E-state index contributed by atoms with van der Waals surface area (Å²) in [6, 6.07) is 14.4. The van der Waals surface area contributed by atoms with Gasteiger partial charge in [0.1, 0.15) is 23.7 Å². The van der Waals surface area contributed by atoms with Gasteiger partial charge in [-0.05, 0) is 18.2 Å². The number of rotatable bonds is 6. The minimum atomic E-state index is -1.17. The maximum absolute atomic E-state index is 12.3. The molecule has 0 saturated carbocycles. The lowest BCUT2D eigenvalue weighted by atomic mass is 10.0. The Morgan fingerprint density at radius 1 is 1.08 bits per heavy atom. The van der Waals surface area contributed by atoms with Gasteiger partial charge in [-0.1, -0.05) is 30.3 Å². The Balaban J connectivity index is 2.08. The molecule has 0 aliphatic heterocycles. The predicted molar refractivity (Wildman–Crippen MR) is 94.2 cm³/mol. The van der Waals surface area contributed by atoms with E-state index >= 15 is 0 Å². The summed E-state index contributed by atoms with van der Waals surface area (Å²) in [4.78, 5) is 27.0. The number of aromatic nitrogens is 1. The number of nitrogens with one attached hydrogen (secondary N) is 1. The highest BCUT2D eigenvalue weighted by atomic mass is 16.5. The second-order valence-electron chi connectivity index (χ2n) is 5.46. The van der Waals surface area contributed by atoms with E-state index in [0.29, 0.717) is 22.3 Å². The highest BCUT2D eigenvalue weighted by Crippen LogP contribution is 2.33. The number of fused-ring (bicyclic) bond motifs is 1. The molecule has 3 aromatic rings. The normalized spacial score (nSPS) is 10.5. The van der Waals surface area contributed by atoms with Gasteiger partial charge < -0.3 is 20.3 Å². The molecule has 0 spiro atoms. The van der Waals surface area contributed by atoms with E-state index in [1.54, 1.807) is 30.3 Å². The van der Waals surface area contributed by atoms with Crippen LogP contribution in [-0.4, -0.2) is 33.6 Å². The number of pyridine rings is 1. The molecule has 7 nitrogen and oxygen atoms in total. The molecule has 1 aromatic heterocycles. The number of hydrogen-bond donors (Lipinski definition) is 3. The van der Waals surface area contributed by atoms with E-state index in [9.17, 15) is 14.7 Å². The third-order valence-corrected chi connectivity index (χ3v) is 3.72. The zero-order valence-electron chi connectivity index (χ0n) is 13.7. The summed E-state index contributed by atoms with van der Waals surface area (Å²) in [7, 11) is 0. The Morgan fingerprint density at radius 2 is 1.85 bits per heavy atom. The standard InChI is InChI=1S/C19H16N2O5/c22-11-14-17-12(9-20-18(14)19(25)21-10-16(23)24)5-4-8-15(17)26-13-6-2-1-3-7-13/h1-9,22H,10-11H2,(H,21,25)(H,23,24). The van der Waals surface area contributed by atoms with E-state index in [0.717, 1.165) is 0 Å². The maximum Gasteiger partial charge on any atom is 0.322 e. The van der Waals surface area contributed by atoms with Crippen molar-refractivity contribution in [2.75, 3.05) is 6.54 Å². The van der Waals surface area contributed by atoms with E-state index in [2.05, 4.69) is 10.3 Å². The summed E-state index contributed by atoms with van der Waals surface area (Å²) in [5, 5.41) is 22.0. The third kappa shape index (κ3) is 3.62. The SMILES string of the molecule is O=C(O)CNC(=O)c1ncc2cccc(Oc3ccccc3)c2c1CO. The molecule has 0 unspecified atom stereocenters. The van der Waals surface area contributed by atoms with Crippen molar-refractivity contribution in [2.24, 2.45) is 0 Å². The number of para-hydroxylation sites is 1. The lowest BCUT2D eigenvalue weighted by Crippen LogP contribution is -2.30. The summed E-state index contributed by atoms with van der Waals surface area (Å²) in [5.41, 5.74) is 0.238. The molecule has 0 aliphatic rings. The highest BCUT2D eigenvalue weighted by molar-refractivity contribution is 6.02. The van der Waals surface area contributed by atoms with E-state index in [-0.39, 0.29) is 11.3 Å². The highest BCUT2D eigenvalue weighted by Gasteiger charge is 2.19. The fourth-order valence-corrected chi connectivity index (χ4v) is 2.60. The van der Waals surface area contributed by atoms with E-state index in [1.807, 2.05) is 18.2 Å². The fraction of sp³-hybridized carbons (Fsp3) is 0.105. The Hall–Kier alpha value is -3.45. The number of carboxylic acid groups (broad SMARTS) is 1. The zero-order valence-corrected chi connectivity index (χ0v) is 13.7. The second-order valence-corrected chi connectivity index (χ2v) is 5.46. The molecule has 26 heavy (non-hydrogen) atoms. The van der Waals surface area contributed by atoms with Crippen LogP contribution in [0.4, 0.5) is 0 Å². The van der Waals surface area contributed by atoms with Gasteiger partial charge in [0, 0.05) is 22.5 Å². The molecular formula is C19H16N2O5. The number of ether oxygens (including phenoxy) is 1. The predicted octanol–water partition coefficient (Wildman–Crippen LogP) is 2.33. The Morgan fingerprint density at radius 3 is 2.54 bits per heavy atom. The molecule has 1 heterocycles. The Bertz CT molecular complexity index is 957. The van der Waals surface area contributed by atoms with Crippen LogP contribution in [0, 0.1) is 0 Å². The van der Waals surface area contributed by atoms with Crippen LogP contribution in [0.1, 0.15) is 16.1 Å². The average molecular weight is 352 g/mol. The second kappa shape index (κ2) is 7.62. The summed E-state index contributed by atoms with van der Waals surface area (Å²) in [5.74, 6) is -0.768. The number of aliphatic carboxylic acids is 1. The molecule has 132 valence electrons. The average Bonchev–Trinajstić information content (AvgIpc) is 2.66. The fourth-order valence-electron chi connectivity index (χ4n) is 2.60. The molecule has 0 atom stereocenters. The van der Waals surface area contributed by atoms with Crippen LogP contribution in [0.25, 0.3) is 10.8 Å². The number of aliphatic hydroxyl groups excluding tert-OH is 1. The van der Waals surface area contributed by atoms with Crippen molar-refractivity contribution in [3.8, 4) is 11.5 Å². The van der Waals surface area contributed by atoms with Gasteiger partial charge in [-0.15, -0.1) is 0 Å². The lowest BCUT2D eigenvalue weighted by molar-refractivity contribution is -0.135. The molecule has 7 heteroatoms. The topological polar surface area (TPSA) is 109 Å². The third-order valence-electron chi connectivity index (χ3n) is 3.72. The van der Waals surface area contributed by atoms with Crippen LogP contribution in [0.15, 0.2) is 54.7 Å². The minimum Gasteiger partial charge on any atom is -0.480 e. The van der Waals surface area contributed by atoms with Crippen molar-refractivity contribution < 1.29 is 24.5 Å². The number of amides is 1. The first-order chi connectivity index (χ1) is 12.6. The zero-order chi connectivity index (χ0) is 18.5. The lowest BCUT2D eigenvalue weighted by Gasteiger charge is -2.14. The van der Waals surface area contributed by atoms with Gasteiger partial charge in [0.05, 0.1) is 6.61 Å². The van der Waals surface area contributed by atoms with E-state index in [4.69, 9.17) is 9.84 Å². The van der Waals surface area contributed by atoms with E-state index < -0.39 is 25.0 Å². The van der Waals surface area contributed by atoms with Gasteiger partial charge in [0.15, 0.2) is 0 Å². The largest absolute Gasteiger partial charge is 0.480 e. The molecule has 1 amide bonds. The molecule has 0 bridgehead atoms. The summed E-state index contributed by atoms with van der Waals surface area (Å²) in [6.45, 7) is -0.985. The molecule has 0 saturated heterocycles. The van der Waals surface area contributed by atoms with Gasteiger partial charge >= 0.3 is 5.97 Å². The molecule has 3 N–H and O–H groups in total. The van der Waals surface area contributed by atoms with Crippen molar-refractivity contribution in [3.63, 3.8) is 0 Å². The van der Waals surface area contributed by atoms with E-state index in [1.165, 1.54) is 6.20 Å². The summed E-state index contributed by atoms with van der Waals surface area (Å²) >= 11 is 0. The molecule has 3 rings (SSSR count). The summed E-state index contributed by atoms with van der Waals surface area (Å²) < 4.78 is 5.90. The minimum absolute atomic E-state index is 0.0367. The van der Waals surface area contributed by atoms with Gasteiger partial charge in [-0.25, -0.2) is 0 Å². The monoisotopic (exact) mass is 352 g/mol.